The highest BCUT2D eigenvalue weighted by atomic mass is 32.2. The number of aliphatic hydroxyl groups is 1. The first kappa shape index (κ1) is 24.8. The number of piperidine rings is 1. The number of aliphatic hydroxyl groups excluding tert-OH is 1. The van der Waals surface area contributed by atoms with E-state index in [9.17, 15) is 18.3 Å². The second-order valence-electron chi connectivity index (χ2n) is 9.34. The summed E-state index contributed by atoms with van der Waals surface area (Å²) in [4.78, 5) is 15.0. The first-order valence-corrected chi connectivity index (χ1v) is 13.6. The highest BCUT2D eigenvalue weighted by molar-refractivity contribution is 7.89. The molecule has 0 radical (unpaired) electrons. The van der Waals surface area contributed by atoms with E-state index in [1.807, 2.05) is 32.2 Å². The number of nitrogens with zero attached hydrogens (tertiary/aromatic N) is 3. The van der Waals surface area contributed by atoms with Crippen molar-refractivity contribution in [2.24, 2.45) is 7.05 Å². The van der Waals surface area contributed by atoms with Gasteiger partial charge in [-0.2, -0.15) is 0 Å². The van der Waals surface area contributed by atoms with E-state index in [0.29, 0.717) is 39.0 Å². The number of rotatable bonds is 6. The third-order valence-electron chi connectivity index (χ3n) is 7.55. The number of carbonyl (C=O) groups is 1. The predicted molar refractivity (Wildman–Crippen MR) is 132 cm³/mol. The van der Waals surface area contributed by atoms with Crippen LogP contribution in [0.5, 0.6) is 5.75 Å². The van der Waals surface area contributed by atoms with Crippen molar-refractivity contribution in [1.29, 1.82) is 0 Å². The van der Waals surface area contributed by atoms with Crippen LogP contribution in [0.25, 0.3) is 10.9 Å². The van der Waals surface area contributed by atoms with Crippen molar-refractivity contribution in [3.63, 3.8) is 0 Å². The van der Waals surface area contributed by atoms with Crippen LogP contribution in [-0.2, 0) is 22.5 Å². The average Bonchev–Trinajstić information content (AvgIpc) is 3.15. The van der Waals surface area contributed by atoms with E-state index in [1.54, 1.807) is 23.2 Å². The number of hydrogen-bond acceptors (Lipinski definition) is 5. The first-order valence-electron chi connectivity index (χ1n) is 12.0. The number of ether oxygens (including phenoxy) is 1. The first-order chi connectivity index (χ1) is 16.2. The van der Waals surface area contributed by atoms with Crippen LogP contribution >= 0.6 is 0 Å². The lowest BCUT2D eigenvalue weighted by Gasteiger charge is -2.50. The van der Waals surface area contributed by atoms with Crippen molar-refractivity contribution in [2.45, 2.75) is 44.6 Å². The van der Waals surface area contributed by atoms with E-state index < -0.39 is 21.5 Å². The van der Waals surface area contributed by atoms with Gasteiger partial charge in [0.05, 0.1) is 31.0 Å². The molecule has 2 aliphatic rings. The summed E-state index contributed by atoms with van der Waals surface area (Å²) in [5.41, 5.74) is 2.61. The molecule has 4 rings (SSSR count). The number of nitrogens with one attached hydrogen (secondary N) is 1. The zero-order chi connectivity index (χ0) is 24.7. The number of methoxy groups -OCH3 is 1. The Hall–Kier alpha value is -2.30. The molecule has 3 heterocycles. The SMILES string of the molecule is CCCNC(=O)N1CC2(CCN(S(=O)(=O)CC)CC2)c2c(n(C)c3cc(OC)ccc23)[C@H]1CO. The lowest BCUT2D eigenvalue weighted by Crippen LogP contribution is -2.57. The van der Waals surface area contributed by atoms with Crippen molar-refractivity contribution in [1.82, 2.24) is 19.1 Å². The smallest absolute Gasteiger partial charge is 0.318 e. The number of hydrogen-bond donors (Lipinski definition) is 2. The summed E-state index contributed by atoms with van der Waals surface area (Å²) in [6.07, 6.45) is 2.04. The molecule has 2 aliphatic heterocycles. The van der Waals surface area contributed by atoms with Crippen molar-refractivity contribution in [3.05, 3.63) is 29.5 Å². The Kier molecular flexibility index (Phi) is 6.85. The van der Waals surface area contributed by atoms with Crippen molar-refractivity contribution in [3.8, 4) is 5.75 Å². The minimum absolute atomic E-state index is 0.0808. The van der Waals surface area contributed by atoms with Gasteiger partial charge in [-0.25, -0.2) is 17.5 Å². The zero-order valence-electron chi connectivity index (χ0n) is 20.5. The molecule has 1 aromatic heterocycles. The van der Waals surface area contributed by atoms with Gasteiger partial charge < -0.3 is 24.6 Å². The quantitative estimate of drug-likeness (QED) is 0.644. The van der Waals surface area contributed by atoms with Gasteiger partial charge in [0, 0.05) is 55.8 Å². The second-order valence-corrected chi connectivity index (χ2v) is 11.6. The zero-order valence-corrected chi connectivity index (χ0v) is 21.3. The predicted octanol–water partition coefficient (Wildman–Crippen LogP) is 2.34. The molecule has 0 unspecified atom stereocenters. The van der Waals surface area contributed by atoms with E-state index in [-0.39, 0.29) is 18.4 Å². The molecule has 9 nitrogen and oxygen atoms in total. The minimum atomic E-state index is -3.28. The molecule has 2 amide bonds. The molecule has 10 heteroatoms. The van der Waals surface area contributed by atoms with Gasteiger partial charge in [0.1, 0.15) is 5.75 Å². The van der Waals surface area contributed by atoms with Crippen LogP contribution in [0.1, 0.15) is 50.4 Å². The van der Waals surface area contributed by atoms with Crippen LogP contribution in [0.4, 0.5) is 4.79 Å². The van der Waals surface area contributed by atoms with Crippen molar-refractivity contribution >= 4 is 27.0 Å². The summed E-state index contributed by atoms with van der Waals surface area (Å²) < 4.78 is 34.2. The summed E-state index contributed by atoms with van der Waals surface area (Å²) >= 11 is 0. The molecule has 0 bridgehead atoms. The molecule has 188 valence electrons. The van der Waals surface area contributed by atoms with Gasteiger partial charge in [-0.05, 0) is 43.9 Å². The Morgan fingerprint density at radius 2 is 1.97 bits per heavy atom. The van der Waals surface area contributed by atoms with E-state index in [1.165, 1.54) is 0 Å². The van der Waals surface area contributed by atoms with Crippen LogP contribution in [-0.4, -0.2) is 79.0 Å². The number of sulfonamides is 1. The Morgan fingerprint density at radius 1 is 1.26 bits per heavy atom. The maximum absolute atomic E-state index is 13.2. The summed E-state index contributed by atoms with van der Waals surface area (Å²) in [6, 6.07) is 5.27. The molecule has 0 aliphatic carbocycles. The average molecular weight is 493 g/mol. The van der Waals surface area contributed by atoms with Crippen LogP contribution in [0.15, 0.2) is 18.2 Å². The molecule has 2 N–H and O–H groups in total. The monoisotopic (exact) mass is 492 g/mol. The molecular formula is C24H36N4O5S. The van der Waals surface area contributed by atoms with Gasteiger partial charge >= 0.3 is 6.03 Å². The highest BCUT2D eigenvalue weighted by Crippen LogP contribution is 2.50. The fourth-order valence-corrected chi connectivity index (χ4v) is 6.79. The minimum Gasteiger partial charge on any atom is -0.497 e. The fraction of sp³-hybridized carbons (Fsp3) is 0.625. The van der Waals surface area contributed by atoms with E-state index >= 15 is 0 Å². The topological polar surface area (TPSA) is 104 Å². The summed E-state index contributed by atoms with van der Waals surface area (Å²) in [5.74, 6) is 0.818. The van der Waals surface area contributed by atoms with Gasteiger partial charge in [-0.3, -0.25) is 0 Å². The number of fused-ring (bicyclic) bond motifs is 4. The number of aromatic nitrogens is 1. The Balaban J connectivity index is 1.87. The largest absolute Gasteiger partial charge is 0.497 e. The van der Waals surface area contributed by atoms with Gasteiger partial charge in [0.15, 0.2) is 0 Å². The Morgan fingerprint density at radius 3 is 2.56 bits per heavy atom. The molecule has 2 aromatic rings. The van der Waals surface area contributed by atoms with Gasteiger partial charge in [0.25, 0.3) is 0 Å². The lowest BCUT2D eigenvalue weighted by molar-refractivity contribution is 0.0784. The number of carbonyl (C=O) groups excluding carboxylic acids is 1. The third kappa shape index (κ3) is 3.95. The molecule has 34 heavy (non-hydrogen) atoms. The normalized spacial score (nSPS) is 20.5. The van der Waals surface area contributed by atoms with Crippen LogP contribution in [0.2, 0.25) is 0 Å². The van der Waals surface area contributed by atoms with Gasteiger partial charge in [-0.15, -0.1) is 0 Å². The lowest BCUT2D eigenvalue weighted by atomic mass is 9.68. The summed E-state index contributed by atoms with van der Waals surface area (Å²) in [5, 5.41) is 14.5. The molecule has 1 saturated heterocycles. The van der Waals surface area contributed by atoms with Gasteiger partial charge in [0.2, 0.25) is 10.0 Å². The van der Waals surface area contributed by atoms with E-state index in [4.69, 9.17) is 4.74 Å². The molecule has 1 atom stereocenters. The second kappa shape index (κ2) is 9.39. The standard InChI is InChI=1S/C24H36N4O5S/c1-5-11-25-23(30)28-16-24(9-12-27(13-10-24)34(31,32)6-2)21-18-8-7-17(33-4)14-19(18)26(3)22(21)20(28)15-29/h7-8,14,20,29H,5-6,9-13,15-16H2,1-4H3,(H,25,30)/t20-/m1/s1. The number of benzene rings is 1. The van der Waals surface area contributed by atoms with Gasteiger partial charge in [-0.1, -0.05) is 6.92 Å². The summed E-state index contributed by atoms with van der Waals surface area (Å²) in [7, 11) is 0.311. The van der Waals surface area contributed by atoms with Crippen molar-refractivity contribution < 1.29 is 23.1 Å². The third-order valence-corrected chi connectivity index (χ3v) is 9.43. The van der Waals surface area contributed by atoms with Crippen LogP contribution < -0.4 is 10.1 Å². The number of aryl methyl sites for hydroxylation is 1. The number of urea groups is 1. The maximum atomic E-state index is 13.2. The maximum Gasteiger partial charge on any atom is 0.318 e. The summed E-state index contributed by atoms with van der Waals surface area (Å²) in [6.45, 7) is 5.30. The van der Waals surface area contributed by atoms with Crippen LogP contribution in [0.3, 0.4) is 0 Å². The highest BCUT2D eigenvalue weighted by Gasteiger charge is 2.50. The van der Waals surface area contributed by atoms with Crippen LogP contribution in [0, 0.1) is 0 Å². The number of amides is 2. The molecule has 0 saturated carbocycles. The Labute approximate surface area is 201 Å². The van der Waals surface area contributed by atoms with Crippen molar-refractivity contribution in [2.75, 3.05) is 45.6 Å². The van der Waals surface area contributed by atoms with E-state index in [0.717, 1.165) is 34.3 Å². The molecular weight excluding hydrogens is 456 g/mol. The Bertz CT molecular complexity index is 1170. The molecule has 1 aromatic carbocycles. The van der Waals surface area contributed by atoms with E-state index in [2.05, 4.69) is 9.88 Å². The fourth-order valence-electron chi connectivity index (χ4n) is 5.69. The molecule has 1 spiro atoms. The molecule has 1 fully saturated rings.